The zero-order valence-electron chi connectivity index (χ0n) is 11.7. The first-order valence-electron chi connectivity index (χ1n) is 6.60. The molecule has 2 N–H and O–H groups in total. The number of hydrogen-bond donors (Lipinski definition) is 2. The molecule has 0 aliphatic carbocycles. The van der Waals surface area contributed by atoms with Crippen LogP contribution in [0.1, 0.15) is 26.3 Å². The largest absolute Gasteiger partial charge is 0.396 e. The SMILES string of the molecule is CC(Cc1ccccc1Cl)C(=O)NC(C)C(C)CO. The highest BCUT2D eigenvalue weighted by Crippen LogP contribution is 2.19. The number of carbonyl (C=O) groups excluding carboxylic acids is 1. The minimum atomic E-state index is -0.145. The van der Waals surface area contributed by atoms with E-state index >= 15 is 0 Å². The third-order valence-corrected chi connectivity index (χ3v) is 3.81. The highest BCUT2D eigenvalue weighted by Gasteiger charge is 2.19. The Kier molecular flexibility index (Phi) is 6.32. The van der Waals surface area contributed by atoms with Crippen LogP contribution in [0.4, 0.5) is 0 Å². The van der Waals surface area contributed by atoms with E-state index in [0.717, 1.165) is 5.56 Å². The summed E-state index contributed by atoms with van der Waals surface area (Å²) in [6.45, 7) is 5.76. The number of hydrogen-bond acceptors (Lipinski definition) is 2. The first kappa shape index (κ1) is 16.0. The number of aliphatic hydroxyl groups is 1. The smallest absolute Gasteiger partial charge is 0.223 e. The molecule has 0 fully saturated rings. The lowest BCUT2D eigenvalue weighted by Crippen LogP contribution is -2.41. The molecule has 106 valence electrons. The highest BCUT2D eigenvalue weighted by atomic mass is 35.5. The Morgan fingerprint density at radius 3 is 2.53 bits per heavy atom. The van der Waals surface area contributed by atoms with Crippen LogP contribution >= 0.6 is 11.6 Å². The van der Waals surface area contributed by atoms with Crippen LogP contribution in [-0.2, 0) is 11.2 Å². The Morgan fingerprint density at radius 1 is 1.32 bits per heavy atom. The fourth-order valence-electron chi connectivity index (χ4n) is 1.75. The minimum absolute atomic E-state index is 0.00674. The molecule has 0 aromatic heterocycles. The average molecular weight is 284 g/mol. The van der Waals surface area contributed by atoms with Crippen LogP contribution in [-0.4, -0.2) is 23.7 Å². The molecule has 1 aromatic rings. The zero-order valence-corrected chi connectivity index (χ0v) is 12.4. The first-order chi connectivity index (χ1) is 8.95. The molecule has 0 aliphatic rings. The van der Waals surface area contributed by atoms with Crippen LogP contribution < -0.4 is 5.32 Å². The monoisotopic (exact) mass is 283 g/mol. The molecule has 0 saturated carbocycles. The average Bonchev–Trinajstić information content (AvgIpc) is 2.40. The van der Waals surface area contributed by atoms with Gasteiger partial charge < -0.3 is 10.4 Å². The van der Waals surface area contributed by atoms with Gasteiger partial charge in [0.1, 0.15) is 0 Å². The molecule has 0 radical (unpaired) electrons. The van der Waals surface area contributed by atoms with Crippen molar-refractivity contribution < 1.29 is 9.90 Å². The fourth-order valence-corrected chi connectivity index (χ4v) is 1.97. The van der Waals surface area contributed by atoms with Crippen molar-refractivity contribution in [3.8, 4) is 0 Å². The number of carbonyl (C=O) groups is 1. The Balaban J connectivity index is 2.56. The van der Waals surface area contributed by atoms with Crippen LogP contribution in [0.2, 0.25) is 5.02 Å². The summed E-state index contributed by atoms with van der Waals surface area (Å²) in [4.78, 5) is 12.1. The van der Waals surface area contributed by atoms with Crippen LogP contribution in [0.15, 0.2) is 24.3 Å². The molecule has 0 spiro atoms. The maximum absolute atomic E-state index is 12.1. The molecular formula is C15H22ClNO2. The molecule has 4 heteroatoms. The summed E-state index contributed by atoms with van der Waals surface area (Å²) < 4.78 is 0. The van der Waals surface area contributed by atoms with E-state index < -0.39 is 0 Å². The Bertz CT molecular complexity index is 422. The van der Waals surface area contributed by atoms with E-state index in [9.17, 15) is 4.79 Å². The van der Waals surface area contributed by atoms with E-state index in [1.807, 2.05) is 45.0 Å². The van der Waals surface area contributed by atoms with Crippen molar-refractivity contribution in [2.75, 3.05) is 6.61 Å². The Hall–Kier alpha value is -1.06. The van der Waals surface area contributed by atoms with Gasteiger partial charge in [-0.05, 0) is 30.9 Å². The summed E-state index contributed by atoms with van der Waals surface area (Å²) in [5.41, 5.74) is 0.981. The predicted octanol–water partition coefficient (Wildman–Crippen LogP) is 2.65. The summed E-state index contributed by atoms with van der Waals surface area (Å²) in [7, 11) is 0. The van der Waals surface area contributed by atoms with E-state index in [4.69, 9.17) is 16.7 Å². The van der Waals surface area contributed by atoms with Crippen molar-refractivity contribution in [3.63, 3.8) is 0 Å². The molecule has 3 nitrogen and oxygen atoms in total. The molecular weight excluding hydrogens is 262 g/mol. The fraction of sp³-hybridized carbons (Fsp3) is 0.533. The second kappa shape index (κ2) is 7.51. The third-order valence-electron chi connectivity index (χ3n) is 3.44. The van der Waals surface area contributed by atoms with Gasteiger partial charge in [0.15, 0.2) is 0 Å². The van der Waals surface area contributed by atoms with Gasteiger partial charge in [-0.3, -0.25) is 4.79 Å². The van der Waals surface area contributed by atoms with Gasteiger partial charge in [0, 0.05) is 23.6 Å². The Morgan fingerprint density at radius 2 is 1.95 bits per heavy atom. The minimum Gasteiger partial charge on any atom is -0.396 e. The molecule has 19 heavy (non-hydrogen) atoms. The molecule has 1 amide bonds. The number of amides is 1. The maximum Gasteiger partial charge on any atom is 0.223 e. The van der Waals surface area contributed by atoms with Crippen LogP contribution in [0, 0.1) is 11.8 Å². The first-order valence-corrected chi connectivity index (χ1v) is 6.98. The number of benzene rings is 1. The summed E-state index contributed by atoms with van der Waals surface area (Å²) in [6, 6.07) is 7.53. The number of rotatable bonds is 6. The zero-order chi connectivity index (χ0) is 14.4. The summed E-state index contributed by atoms with van der Waals surface area (Å²) in [5.74, 6) is -0.0996. The lowest BCUT2D eigenvalue weighted by atomic mass is 9.98. The molecule has 0 saturated heterocycles. The van der Waals surface area contributed by atoms with E-state index in [2.05, 4.69) is 5.32 Å². The van der Waals surface area contributed by atoms with Gasteiger partial charge in [-0.25, -0.2) is 0 Å². The van der Waals surface area contributed by atoms with Crippen molar-refractivity contribution in [1.82, 2.24) is 5.32 Å². The van der Waals surface area contributed by atoms with E-state index in [1.54, 1.807) is 0 Å². The van der Waals surface area contributed by atoms with Crippen molar-refractivity contribution in [2.45, 2.75) is 33.2 Å². The van der Waals surface area contributed by atoms with Gasteiger partial charge in [-0.1, -0.05) is 43.6 Å². The van der Waals surface area contributed by atoms with Gasteiger partial charge in [-0.2, -0.15) is 0 Å². The van der Waals surface area contributed by atoms with Gasteiger partial charge in [0.2, 0.25) is 5.91 Å². The van der Waals surface area contributed by atoms with E-state index in [-0.39, 0.29) is 30.4 Å². The van der Waals surface area contributed by atoms with Crippen LogP contribution in [0.25, 0.3) is 0 Å². The van der Waals surface area contributed by atoms with E-state index in [1.165, 1.54) is 0 Å². The molecule has 1 rings (SSSR count). The second-order valence-corrected chi connectivity index (χ2v) is 5.56. The van der Waals surface area contributed by atoms with Gasteiger partial charge in [0.25, 0.3) is 0 Å². The van der Waals surface area contributed by atoms with E-state index in [0.29, 0.717) is 11.4 Å². The third kappa shape index (κ3) is 4.84. The Labute approximate surface area is 120 Å². The van der Waals surface area contributed by atoms with Crippen molar-refractivity contribution >= 4 is 17.5 Å². The second-order valence-electron chi connectivity index (χ2n) is 5.15. The molecule has 0 heterocycles. The predicted molar refractivity (Wildman–Crippen MR) is 78.2 cm³/mol. The quantitative estimate of drug-likeness (QED) is 0.843. The summed E-state index contributed by atoms with van der Waals surface area (Å²) in [5, 5.41) is 12.7. The van der Waals surface area contributed by atoms with Gasteiger partial charge >= 0.3 is 0 Å². The molecule has 1 aromatic carbocycles. The lowest BCUT2D eigenvalue weighted by Gasteiger charge is -2.21. The van der Waals surface area contributed by atoms with Gasteiger partial charge in [-0.15, -0.1) is 0 Å². The normalized spacial score (nSPS) is 15.6. The molecule has 3 unspecified atom stereocenters. The number of nitrogens with one attached hydrogen (secondary N) is 1. The van der Waals surface area contributed by atoms with Crippen molar-refractivity contribution in [1.29, 1.82) is 0 Å². The highest BCUT2D eigenvalue weighted by molar-refractivity contribution is 6.31. The molecule has 3 atom stereocenters. The van der Waals surface area contributed by atoms with Gasteiger partial charge in [0.05, 0.1) is 0 Å². The standard InChI is InChI=1S/C15H22ClNO2/c1-10(8-13-6-4-5-7-14(13)16)15(19)17-12(3)11(2)9-18/h4-7,10-12,18H,8-9H2,1-3H3,(H,17,19). The summed E-state index contributed by atoms with van der Waals surface area (Å²) in [6.07, 6.45) is 0.617. The number of halogens is 1. The lowest BCUT2D eigenvalue weighted by molar-refractivity contribution is -0.125. The molecule has 0 aliphatic heterocycles. The topological polar surface area (TPSA) is 49.3 Å². The van der Waals surface area contributed by atoms with Crippen LogP contribution in [0.5, 0.6) is 0 Å². The van der Waals surface area contributed by atoms with Crippen LogP contribution in [0.3, 0.4) is 0 Å². The summed E-state index contributed by atoms with van der Waals surface area (Å²) >= 11 is 6.09. The molecule has 0 bridgehead atoms. The van der Waals surface area contributed by atoms with Crippen molar-refractivity contribution in [2.24, 2.45) is 11.8 Å². The van der Waals surface area contributed by atoms with Crippen molar-refractivity contribution in [3.05, 3.63) is 34.9 Å². The number of aliphatic hydroxyl groups excluding tert-OH is 1. The maximum atomic E-state index is 12.1.